The number of ether oxygens (including phenoxy) is 2. The first-order valence-electron chi connectivity index (χ1n) is 5.25. The van der Waals surface area contributed by atoms with Crippen LogP contribution < -0.4 is 4.74 Å². The van der Waals surface area contributed by atoms with E-state index in [1.807, 2.05) is 32.0 Å². The molecular formula is C13H15BrO3. The van der Waals surface area contributed by atoms with Crippen LogP contribution in [-0.2, 0) is 9.53 Å². The van der Waals surface area contributed by atoms with Crippen molar-refractivity contribution in [1.82, 2.24) is 0 Å². The van der Waals surface area contributed by atoms with E-state index in [9.17, 15) is 4.79 Å². The number of methoxy groups -OCH3 is 1. The molecule has 0 aliphatic carbocycles. The minimum absolute atomic E-state index is 0.102. The summed E-state index contributed by atoms with van der Waals surface area (Å²) in [6.45, 7) is 3.63. The van der Waals surface area contributed by atoms with Crippen molar-refractivity contribution in [3.05, 3.63) is 34.3 Å². The molecule has 0 radical (unpaired) electrons. The molecule has 0 spiro atoms. The Bertz CT molecular complexity index is 425. The maximum absolute atomic E-state index is 11.3. The average Bonchev–Trinajstić information content (AvgIpc) is 2.25. The summed E-state index contributed by atoms with van der Waals surface area (Å²) in [5.74, 6) is 0.416. The monoisotopic (exact) mass is 298 g/mol. The number of benzene rings is 1. The van der Waals surface area contributed by atoms with Crippen LogP contribution in [0.2, 0.25) is 0 Å². The highest BCUT2D eigenvalue weighted by atomic mass is 79.9. The minimum Gasteiger partial charge on any atom is -0.496 e. The molecule has 0 aliphatic rings. The van der Waals surface area contributed by atoms with Crippen LogP contribution in [0.25, 0.3) is 6.08 Å². The van der Waals surface area contributed by atoms with Gasteiger partial charge in [-0.15, -0.1) is 0 Å². The smallest absolute Gasteiger partial charge is 0.331 e. The molecule has 3 nitrogen and oxygen atoms in total. The molecule has 1 aromatic carbocycles. The van der Waals surface area contributed by atoms with Gasteiger partial charge >= 0.3 is 5.97 Å². The topological polar surface area (TPSA) is 35.5 Å². The molecule has 17 heavy (non-hydrogen) atoms. The Kier molecular flexibility index (Phi) is 5.22. The van der Waals surface area contributed by atoms with Gasteiger partial charge in [0.15, 0.2) is 0 Å². The van der Waals surface area contributed by atoms with Gasteiger partial charge in [0.2, 0.25) is 0 Å². The zero-order valence-electron chi connectivity index (χ0n) is 10.1. The normalized spacial score (nSPS) is 10.9. The fourth-order valence-electron chi connectivity index (χ4n) is 1.22. The Labute approximate surface area is 110 Å². The van der Waals surface area contributed by atoms with Crippen LogP contribution >= 0.6 is 15.9 Å². The SMILES string of the molecule is COc1ccc(/C=C/C(=O)OC(C)C)cc1Br. The summed E-state index contributed by atoms with van der Waals surface area (Å²) < 4.78 is 10.9. The van der Waals surface area contributed by atoms with Crippen molar-refractivity contribution in [2.24, 2.45) is 0 Å². The lowest BCUT2D eigenvalue weighted by Crippen LogP contribution is -2.08. The third-order valence-corrected chi connectivity index (χ3v) is 2.56. The van der Waals surface area contributed by atoms with Crippen molar-refractivity contribution < 1.29 is 14.3 Å². The van der Waals surface area contributed by atoms with Gasteiger partial charge in [-0.05, 0) is 53.5 Å². The highest BCUT2D eigenvalue weighted by Gasteiger charge is 2.02. The van der Waals surface area contributed by atoms with E-state index in [0.29, 0.717) is 0 Å². The number of carbonyl (C=O) groups is 1. The molecule has 0 N–H and O–H groups in total. The summed E-state index contributed by atoms with van der Waals surface area (Å²) >= 11 is 3.38. The Morgan fingerprint density at radius 1 is 1.41 bits per heavy atom. The van der Waals surface area contributed by atoms with Gasteiger partial charge in [0.05, 0.1) is 17.7 Å². The lowest BCUT2D eigenvalue weighted by molar-refractivity contribution is -0.141. The third kappa shape index (κ3) is 4.61. The lowest BCUT2D eigenvalue weighted by atomic mass is 10.2. The van der Waals surface area contributed by atoms with Crippen LogP contribution in [0.3, 0.4) is 0 Å². The minimum atomic E-state index is -0.341. The number of hydrogen-bond acceptors (Lipinski definition) is 3. The molecule has 0 unspecified atom stereocenters. The van der Waals surface area contributed by atoms with Crippen LogP contribution in [0, 0.1) is 0 Å². The predicted octanol–water partition coefficient (Wildman–Crippen LogP) is 3.42. The Hall–Kier alpha value is -1.29. The van der Waals surface area contributed by atoms with Gasteiger partial charge in [-0.25, -0.2) is 4.79 Å². The maximum atomic E-state index is 11.3. The lowest BCUT2D eigenvalue weighted by Gasteiger charge is -2.05. The summed E-state index contributed by atoms with van der Waals surface area (Å²) in [4.78, 5) is 11.3. The maximum Gasteiger partial charge on any atom is 0.331 e. The summed E-state index contributed by atoms with van der Waals surface area (Å²) in [5.41, 5.74) is 0.901. The summed E-state index contributed by atoms with van der Waals surface area (Å²) in [6, 6.07) is 5.57. The predicted molar refractivity (Wildman–Crippen MR) is 71.0 cm³/mol. The van der Waals surface area contributed by atoms with Crippen molar-refractivity contribution in [2.75, 3.05) is 7.11 Å². The van der Waals surface area contributed by atoms with E-state index in [4.69, 9.17) is 9.47 Å². The first kappa shape index (κ1) is 13.8. The van der Waals surface area contributed by atoms with Gasteiger partial charge in [-0.2, -0.15) is 0 Å². The van der Waals surface area contributed by atoms with Gasteiger partial charge in [0.1, 0.15) is 5.75 Å². The molecule has 92 valence electrons. The molecule has 1 rings (SSSR count). The molecule has 0 saturated carbocycles. The van der Waals surface area contributed by atoms with Crippen molar-refractivity contribution in [3.8, 4) is 5.75 Å². The van der Waals surface area contributed by atoms with Crippen molar-refractivity contribution in [2.45, 2.75) is 20.0 Å². The van der Waals surface area contributed by atoms with E-state index in [1.54, 1.807) is 13.2 Å². The molecule has 0 aliphatic heterocycles. The van der Waals surface area contributed by atoms with Crippen molar-refractivity contribution in [1.29, 1.82) is 0 Å². The Morgan fingerprint density at radius 2 is 2.12 bits per heavy atom. The summed E-state index contributed by atoms with van der Waals surface area (Å²) in [7, 11) is 1.61. The van der Waals surface area contributed by atoms with Gasteiger partial charge in [0.25, 0.3) is 0 Å². The molecule has 0 aromatic heterocycles. The van der Waals surface area contributed by atoms with E-state index < -0.39 is 0 Å². The molecule has 1 aromatic rings. The summed E-state index contributed by atoms with van der Waals surface area (Å²) in [6.07, 6.45) is 3.01. The molecule has 0 bridgehead atoms. The van der Waals surface area contributed by atoms with E-state index in [2.05, 4.69) is 15.9 Å². The number of hydrogen-bond donors (Lipinski definition) is 0. The second kappa shape index (κ2) is 6.45. The first-order valence-corrected chi connectivity index (χ1v) is 6.04. The van der Waals surface area contributed by atoms with Gasteiger partial charge in [-0.1, -0.05) is 6.07 Å². The van der Waals surface area contributed by atoms with Crippen LogP contribution in [0.4, 0.5) is 0 Å². The zero-order valence-corrected chi connectivity index (χ0v) is 11.7. The largest absolute Gasteiger partial charge is 0.496 e. The standard InChI is InChI=1S/C13H15BrO3/c1-9(2)17-13(15)7-5-10-4-6-12(16-3)11(14)8-10/h4-9H,1-3H3/b7-5+. The van der Waals surface area contributed by atoms with E-state index >= 15 is 0 Å². The van der Waals surface area contributed by atoms with Crippen LogP contribution in [0.1, 0.15) is 19.4 Å². The van der Waals surface area contributed by atoms with Crippen molar-refractivity contribution >= 4 is 28.0 Å². The molecule has 0 amide bonds. The molecule has 0 atom stereocenters. The highest BCUT2D eigenvalue weighted by Crippen LogP contribution is 2.25. The first-order chi connectivity index (χ1) is 8.02. The number of esters is 1. The van der Waals surface area contributed by atoms with E-state index in [1.165, 1.54) is 6.08 Å². The van der Waals surface area contributed by atoms with Crippen LogP contribution in [0.5, 0.6) is 5.75 Å². The van der Waals surface area contributed by atoms with E-state index in [-0.39, 0.29) is 12.1 Å². The quantitative estimate of drug-likeness (QED) is 0.631. The van der Waals surface area contributed by atoms with E-state index in [0.717, 1.165) is 15.8 Å². The van der Waals surface area contributed by atoms with Crippen LogP contribution in [-0.4, -0.2) is 19.2 Å². The number of rotatable bonds is 4. The second-order valence-electron chi connectivity index (χ2n) is 3.71. The fraction of sp³-hybridized carbons (Fsp3) is 0.308. The molecule has 0 heterocycles. The van der Waals surface area contributed by atoms with Crippen molar-refractivity contribution in [3.63, 3.8) is 0 Å². The fourth-order valence-corrected chi connectivity index (χ4v) is 1.78. The highest BCUT2D eigenvalue weighted by molar-refractivity contribution is 9.10. The number of carbonyl (C=O) groups excluding carboxylic acids is 1. The molecular weight excluding hydrogens is 284 g/mol. The second-order valence-corrected chi connectivity index (χ2v) is 4.57. The molecule has 0 saturated heterocycles. The van der Waals surface area contributed by atoms with Crippen LogP contribution in [0.15, 0.2) is 28.7 Å². The molecule has 0 fully saturated rings. The Balaban J connectivity index is 2.72. The number of halogens is 1. The zero-order chi connectivity index (χ0) is 12.8. The average molecular weight is 299 g/mol. The summed E-state index contributed by atoms with van der Waals surface area (Å²) in [5, 5.41) is 0. The van der Waals surface area contributed by atoms with Gasteiger partial charge in [0, 0.05) is 6.08 Å². The van der Waals surface area contributed by atoms with Gasteiger partial charge in [-0.3, -0.25) is 0 Å². The third-order valence-electron chi connectivity index (χ3n) is 1.94. The molecule has 4 heteroatoms. The Morgan fingerprint density at radius 3 is 2.65 bits per heavy atom. The van der Waals surface area contributed by atoms with Gasteiger partial charge < -0.3 is 9.47 Å².